The summed E-state index contributed by atoms with van der Waals surface area (Å²) in [4.78, 5) is 8.58. The Kier molecular flexibility index (Phi) is 5.49. The van der Waals surface area contributed by atoms with Gasteiger partial charge in [0.15, 0.2) is 11.6 Å². The SMILES string of the molecule is CCNc1nc(NCc2cccc(C(F)(F)F)c2)c(C#N)c(-c2ccco2)n1. The van der Waals surface area contributed by atoms with Crippen LogP contribution in [-0.2, 0) is 12.7 Å². The van der Waals surface area contributed by atoms with E-state index in [2.05, 4.69) is 20.6 Å². The predicted molar refractivity (Wildman–Crippen MR) is 97.4 cm³/mol. The number of furan rings is 1. The number of anilines is 2. The second-order valence-electron chi connectivity index (χ2n) is 5.79. The van der Waals surface area contributed by atoms with E-state index in [0.717, 1.165) is 12.1 Å². The monoisotopic (exact) mass is 387 g/mol. The molecule has 0 spiro atoms. The normalized spacial score (nSPS) is 11.1. The minimum atomic E-state index is -4.42. The number of alkyl halides is 3. The van der Waals surface area contributed by atoms with Crippen LogP contribution in [0.25, 0.3) is 11.5 Å². The first-order chi connectivity index (χ1) is 13.4. The zero-order valence-electron chi connectivity index (χ0n) is 14.8. The Hall–Kier alpha value is -3.54. The first-order valence-corrected chi connectivity index (χ1v) is 8.42. The molecule has 6 nitrogen and oxygen atoms in total. The predicted octanol–water partition coefficient (Wildman–Crippen LogP) is 4.67. The quantitative estimate of drug-likeness (QED) is 0.639. The van der Waals surface area contributed by atoms with Crippen molar-refractivity contribution < 1.29 is 17.6 Å². The van der Waals surface area contributed by atoms with E-state index in [0.29, 0.717) is 23.6 Å². The molecule has 0 radical (unpaired) electrons. The molecule has 0 bridgehead atoms. The van der Waals surface area contributed by atoms with Crippen LogP contribution in [0.3, 0.4) is 0 Å². The van der Waals surface area contributed by atoms with Gasteiger partial charge in [0.1, 0.15) is 17.3 Å². The molecule has 2 N–H and O–H groups in total. The molecule has 0 unspecified atom stereocenters. The first-order valence-electron chi connectivity index (χ1n) is 8.42. The smallest absolute Gasteiger partial charge is 0.416 e. The third-order valence-electron chi connectivity index (χ3n) is 3.82. The fourth-order valence-electron chi connectivity index (χ4n) is 2.57. The summed E-state index contributed by atoms with van der Waals surface area (Å²) < 4.78 is 44.0. The summed E-state index contributed by atoms with van der Waals surface area (Å²) in [7, 11) is 0. The molecule has 0 aliphatic heterocycles. The van der Waals surface area contributed by atoms with E-state index in [1.54, 1.807) is 18.2 Å². The number of nitriles is 1. The molecule has 0 atom stereocenters. The average molecular weight is 387 g/mol. The van der Waals surface area contributed by atoms with Crippen LogP contribution in [0.2, 0.25) is 0 Å². The molecule has 3 aromatic rings. The zero-order chi connectivity index (χ0) is 20.1. The van der Waals surface area contributed by atoms with Crippen molar-refractivity contribution in [2.24, 2.45) is 0 Å². The molecule has 2 heterocycles. The van der Waals surface area contributed by atoms with E-state index >= 15 is 0 Å². The van der Waals surface area contributed by atoms with Crippen LogP contribution < -0.4 is 10.6 Å². The molecule has 28 heavy (non-hydrogen) atoms. The van der Waals surface area contributed by atoms with Gasteiger partial charge in [-0.25, -0.2) is 4.98 Å². The van der Waals surface area contributed by atoms with Crippen molar-refractivity contribution in [2.75, 3.05) is 17.2 Å². The summed E-state index contributed by atoms with van der Waals surface area (Å²) in [5, 5.41) is 15.5. The average Bonchev–Trinajstić information content (AvgIpc) is 3.20. The lowest BCUT2D eigenvalue weighted by Crippen LogP contribution is -2.11. The molecule has 1 aromatic carbocycles. The summed E-state index contributed by atoms with van der Waals surface area (Å²) in [6, 6.07) is 10.3. The van der Waals surface area contributed by atoms with Crippen molar-refractivity contribution in [1.29, 1.82) is 5.26 Å². The molecule has 0 aliphatic carbocycles. The number of nitrogens with zero attached hydrogens (tertiary/aromatic N) is 3. The summed E-state index contributed by atoms with van der Waals surface area (Å²) in [6.07, 6.45) is -2.96. The van der Waals surface area contributed by atoms with E-state index in [9.17, 15) is 18.4 Å². The van der Waals surface area contributed by atoms with Crippen molar-refractivity contribution in [1.82, 2.24) is 9.97 Å². The highest BCUT2D eigenvalue weighted by Crippen LogP contribution is 2.30. The minimum Gasteiger partial charge on any atom is -0.463 e. The molecular formula is C19H16F3N5O. The van der Waals surface area contributed by atoms with Gasteiger partial charge >= 0.3 is 6.18 Å². The molecule has 2 aromatic heterocycles. The van der Waals surface area contributed by atoms with Crippen LogP contribution in [0, 0.1) is 11.3 Å². The number of hydrogen-bond acceptors (Lipinski definition) is 6. The van der Waals surface area contributed by atoms with E-state index in [1.165, 1.54) is 12.3 Å². The Balaban J connectivity index is 1.94. The largest absolute Gasteiger partial charge is 0.463 e. The Labute approximate surface area is 159 Å². The molecule has 0 amide bonds. The summed E-state index contributed by atoms with van der Waals surface area (Å²) in [5.41, 5.74) is 0.107. The number of aromatic nitrogens is 2. The highest BCUT2D eigenvalue weighted by Gasteiger charge is 2.30. The summed E-state index contributed by atoms with van der Waals surface area (Å²) >= 11 is 0. The third-order valence-corrected chi connectivity index (χ3v) is 3.82. The van der Waals surface area contributed by atoms with Gasteiger partial charge in [0.2, 0.25) is 5.95 Å². The second kappa shape index (κ2) is 8.00. The fourth-order valence-corrected chi connectivity index (χ4v) is 2.57. The van der Waals surface area contributed by atoms with Gasteiger partial charge in [-0.1, -0.05) is 12.1 Å². The zero-order valence-corrected chi connectivity index (χ0v) is 14.8. The minimum absolute atomic E-state index is 0.0543. The number of rotatable bonds is 6. The molecule has 0 saturated carbocycles. The lowest BCUT2D eigenvalue weighted by Gasteiger charge is -2.13. The highest BCUT2D eigenvalue weighted by molar-refractivity contribution is 5.71. The maximum absolute atomic E-state index is 12.9. The van der Waals surface area contributed by atoms with E-state index in [-0.39, 0.29) is 23.9 Å². The third kappa shape index (κ3) is 4.23. The lowest BCUT2D eigenvalue weighted by molar-refractivity contribution is -0.137. The molecular weight excluding hydrogens is 371 g/mol. The van der Waals surface area contributed by atoms with Crippen molar-refractivity contribution in [3.05, 3.63) is 59.4 Å². The van der Waals surface area contributed by atoms with Crippen LogP contribution in [-0.4, -0.2) is 16.5 Å². The van der Waals surface area contributed by atoms with Gasteiger partial charge in [-0.05, 0) is 36.8 Å². The van der Waals surface area contributed by atoms with Gasteiger partial charge in [0.05, 0.1) is 11.8 Å². The van der Waals surface area contributed by atoms with Gasteiger partial charge in [-0.3, -0.25) is 0 Å². The van der Waals surface area contributed by atoms with Crippen LogP contribution in [0.1, 0.15) is 23.6 Å². The number of hydrogen-bond donors (Lipinski definition) is 2. The summed E-state index contributed by atoms with van der Waals surface area (Å²) in [6.45, 7) is 2.47. The Morgan fingerprint density at radius 2 is 1.96 bits per heavy atom. The molecule has 0 fully saturated rings. The Morgan fingerprint density at radius 1 is 1.14 bits per heavy atom. The van der Waals surface area contributed by atoms with Crippen LogP contribution in [0.5, 0.6) is 0 Å². The summed E-state index contributed by atoms with van der Waals surface area (Å²) in [5.74, 6) is 0.872. The molecule has 144 valence electrons. The highest BCUT2D eigenvalue weighted by atomic mass is 19.4. The number of halogens is 3. The molecule has 9 heteroatoms. The maximum Gasteiger partial charge on any atom is 0.416 e. The van der Waals surface area contributed by atoms with Gasteiger partial charge in [-0.15, -0.1) is 0 Å². The maximum atomic E-state index is 12.9. The Bertz CT molecular complexity index is 994. The van der Waals surface area contributed by atoms with Crippen LogP contribution in [0.15, 0.2) is 47.1 Å². The van der Waals surface area contributed by atoms with Crippen molar-refractivity contribution >= 4 is 11.8 Å². The molecule has 0 saturated heterocycles. The van der Waals surface area contributed by atoms with Gasteiger partial charge in [0, 0.05) is 13.1 Å². The standard InChI is InChI=1S/C19H16F3N5O/c1-2-24-18-26-16(15-7-4-8-28-15)14(10-23)17(27-18)25-11-12-5-3-6-13(9-12)19(20,21)22/h3-9H,2,11H2,1H3,(H2,24,25,26,27). The first kappa shape index (κ1) is 19.2. The van der Waals surface area contributed by atoms with E-state index < -0.39 is 11.7 Å². The molecule has 3 rings (SSSR count). The van der Waals surface area contributed by atoms with Gasteiger partial charge in [-0.2, -0.15) is 23.4 Å². The van der Waals surface area contributed by atoms with Gasteiger partial charge < -0.3 is 15.1 Å². The van der Waals surface area contributed by atoms with E-state index in [4.69, 9.17) is 4.42 Å². The fraction of sp³-hybridized carbons (Fsp3) is 0.211. The Morgan fingerprint density at radius 3 is 2.61 bits per heavy atom. The molecule has 0 aliphatic rings. The van der Waals surface area contributed by atoms with Crippen molar-refractivity contribution in [3.8, 4) is 17.5 Å². The lowest BCUT2D eigenvalue weighted by atomic mass is 10.1. The van der Waals surface area contributed by atoms with Crippen molar-refractivity contribution in [2.45, 2.75) is 19.6 Å². The van der Waals surface area contributed by atoms with Crippen LogP contribution in [0.4, 0.5) is 24.9 Å². The van der Waals surface area contributed by atoms with Crippen molar-refractivity contribution in [3.63, 3.8) is 0 Å². The number of nitrogens with one attached hydrogen (secondary N) is 2. The van der Waals surface area contributed by atoms with E-state index in [1.807, 2.05) is 13.0 Å². The van der Waals surface area contributed by atoms with Gasteiger partial charge in [0.25, 0.3) is 0 Å². The topological polar surface area (TPSA) is 86.8 Å². The second-order valence-corrected chi connectivity index (χ2v) is 5.79. The number of benzene rings is 1. The van der Waals surface area contributed by atoms with Crippen LogP contribution >= 0.6 is 0 Å².